The zero-order chi connectivity index (χ0) is 43.8. The highest BCUT2D eigenvalue weighted by Crippen LogP contribution is 2.39. The lowest BCUT2D eigenvalue weighted by Crippen LogP contribution is -2.00. The summed E-state index contributed by atoms with van der Waals surface area (Å²) in [5.74, 6) is 1.85. The number of hydrogen-bond acceptors (Lipinski definition) is 3. The summed E-state index contributed by atoms with van der Waals surface area (Å²) in [7, 11) is 0. The van der Waals surface area contributed by atoms with Gasteiger partial charge in [-0.05, 0) is 100 Å². The molecule has 0 N–H and O–H groups in total. The molecule has 3 heteroatoms. The van der Waals surface area contributed by atoms with Crippen molar-refractivity contribution in [3.63, 3.8) is 0 Å². The van der Waals surface area contributed by atoms with Crippen LogP contribution in [-0.2, 0) is 0 Å². The van der Waals surface area contributed by atoms with Gasteiger partial charge in [-0.2, -0.15) is 0 Å². The summed E-state index contributed by atoms with van der Waals surface area (Å²) >= 11 is 0. The Kier molecular flexibility index (Phi) is 9.85. The molecular formula is C63H41N3. The number of nitrogens with zero attached hydrogens (tertiary/aromatic N) is 3. The Labute approximate surface area is 384 Å². The van der Waals surface area contributed by atoms with Crippen molar-refractivity contribution in [3.05, 3.63) is 249 Å². The fourth-order valence-corrected chi connectivity index (χ4v) is 9.43. The maximum atomic E-state index is 5.22. The minimum absolute atomic E-state index is 0.616. The van der Waals surface area contributed by atoms with E-state index >= 15 is 0 Å². The molecule has 1 aromatic heterocycles. The van der Waals surface area contributed by atoms with Gasteiger partial charge in [0.2, 0.25) is 0 Å². The van der Waals surface area contributed by atoms with Crippen molar-refractivity contribution < 1.29 is 0 Å². The molecule has 11 aromatic carbocycles. The van der Waals surface area contributed by atoms with Crippen LogP contribution in [0.3, 0.4) is 0 Å². The van der Waals surface area contributed by atoms with E-state index in [1.54, 1.807) is 0 Å². The van der Waals surface area contributed by atoms with Crippen molar-refractivity contribution in [2.45, 2.75) is 0 Å². The first-order valence-corrected chi connectivity index (χ1v) is 22.4. The molecule has 0 saturated carbocycles. The van der Waals surface area contributed by atoms with Crippen molar-refractivity contribution in [1.29, 1.82) is 0 Å². The third-order valence-corrected chi connectivity index (χ3v) is 12.8. The smallest absolute Gasteiger partial charge is 0.164 e. The summed E-state index contributed by atoms with van der Waals surface area (Å²) < 4.78 is 0. The van der Waals surface area contributed by atoms with Gasteiger partial charge in [0.1, 0.15) is 0 Å². The van der Waals surface area contributed by atoms with Crippen molar-refractivity contribution in [2.75, 3.05) is 0 Å². The highest BCUT2D eigenvalue weighted by Gasteiger charge is 2.16. The molecule has 0 fully saturated rings. The van der Waals surface area contributed by atoms with Crippen LogP contribution in [0.15, 0.2) is 249 Å². The first-order valence-electron chi connectivity index (χ1n) is 22.4. The molecule has 12 rings (SSSR count). The van der Waals surface area contributed by atoms with Gasteiger partial charge in [0, 0.05) is 16.7 Å². The molecule has 12 aromatic rings. The lowest BCUT2D eigenvalue weighted by atomic mass is 9.91. The summed E-state index contributed by atoms with van der Waals surface area (Å²) in [6, 6.07) is 88.4. The van der Waals surface area contributed by atoms with Gasteiger partial charge >= 0.3 is 0 Å². The number of aromatic nitrogens is 3. The zero-order valence-corrected chi connectivity index (χ0v) is 36.0. The fourth-order valence-electron chi connectivity index (χ4n) is 9.43. The Morgan fingerprint density at radius 2 is 0.561 bits per heavy atom. The van der Waals surface area contributed by atoms with Gasteiger partial charge in [0.25, 0.3) is 0 Å². The number of hydrogen-bond donors (Lipinski definition) is 0. The Balaban J connectivity index is 0.953. The van der Waals surface area contributed by atoms with E-state index in [-0.39, 0.29) is 0 Å². The molecule has 3 nitrogen and oxygen atoms in total. The SMILES string of the molecule is c1ccc(-c2ccc(-c3cccc(-c4nc(-c5ccc(-c6ccccc6-c6ccc7ccccc7c6)cc5)nc(-c5ccc(-c6cccc7ccccc67)cc5)n4)c3)c3ccccc23)cc1. The van der Waals surface area contributed by atoms with Crippen LogP contribution in [0.2, 0.25) is 0 Å². The van der Waals surface area contributed by atoms with Gasteiger partial charge in [-0.1, -0.05) is 237 Å². The second-order valence-corrected chi connectivity index (χ2v) is 16.7. The molecule has 0 saturated heterocycles. The molecule has 66 heavy (non-hydrogen) atoms. The van der Waals surface area contributed by atoms with Crippen LogP contribution in [0.25, 0.3) is 122 Å². The van der Waals surface area contributed by atoms with Crippen LogP contribution < -0.4 is 0 Å². The second kappa shape index (κ2) is 16.7. The maximum absolute atomic E-state index is 5.22. The Morgan fingerprint density at radius 3 is 1.24 bits per heavy atom. The molecule has 0 aliphatic rings. The molecule has 0 spiro atoms. The monoisotopic (exact) mass is 839 g/mol. The van der Waals surface area contributed by atoms with Gasteiger partial charge in [0.15, 0.2) is 17.5 Å². The van der Waals surface area contributed by atoms with Crippen LogP contribution in [0.5, 0.6) is 0 Å². The van der Waals surface area contributed by atoms with Crippen LogP contribution in [0.1, 0.15) is 0 Å². The molecule has 0 radical (unpaired) electrons. The predicted molar refractivity (Wildman–Crippen MR) is 276 cm³/mol. The molecule has 1 heterocycles. The highest BCUT2D eigenvalue weighted by molar-refractivity contribution is 6.05. The van der Waals surface area contributed by atoms with Crippen molar-refractivity contribution in [1.82, 2.24) is 15.0 Å². The highest BCUT2D eigenvalue weighted by atomic mass is 15.0. The molecule has 0 bridgehead atoms. The van der Waals surface area contributed by atoms with Gasteiger partial charge < -0.3 is 0 Å². The molecular weight excluding hydrogens is 799 g/mol. The summed E-state index contributed by atoms with van der Waals surface area (Å²) in [4.78, 5) is 15.6. The van der Waals surface area contributed by atoms with E-state index < -0.39 is 0 Å². The maximum Gasteiger partial charge on any atom is 0.164 e. The van der Waals surface area contributed by atoms with Crippen LogP contribution in [-0.4, -0.2) is 15.0 Å². The third kappa shape index (κ3) is 7.29. The van der Waals surface area contributed by atoms with E-state index in [0.717, 1.165) is 38.9 Å². The Morgan fingerprint density at radius 1 is 0.182 bits per heavy atom. The normalized spacial score (nSPS) is 11.3. The molecule has 308 valence electrons. The first-order chi connectivity index (χ1) is 32.7. The third-order valence-electron chi connectivity index (χ3n) is 12.8. The zero-order valence-electron chi connectivity index (χ0n) is 36.0. The summed E-state index contributed by atoms with van der Waals surface area (Å²) in [5.41, 5.74) is 14.4. The number of benzene rings is 11. The lowest BCUT2D eigenvalue weighted by Gasteiger charge is -2.14. The van der Waals surface area contributed by atoms with E-state index in [1.165, 1.54) is 65.7 Å². The van der Waals surface area contributed by atoms with E-state index in [1.807, 2.05) is 0 Å². The summed E-state index contributed by atoms with van der Waals surface area (Å²) in [6.07, 6.45) is 0. The lowest BCUT2D eigenvalue weighted by molar-refractivity contribution is 1.07. The molecule has 0 unspecified atom stereocenters. The summed E-state index contributed by atoms with van der Waals surface area (Å²) in [5, 5.41) is 7.31. The van der Waals surface area contributed by atoms with Gasteiger partial charge in [0.05, 0.1) is 0 Å². The van der Waals surface area contributed by atoms with Gasteiger partial charge in [-0.25, -0.2) is 15.0 Å². The molecule has 0 aliphatic carbocycles. The quantitative estimate of drug-likeness (QED) is 0.153. The average Bonchev–Trinajstić information content (AvgIpc) is 3.40. The topological polar surface area (TPSA) is 38.7 Å². The van der Waals surface area contributed by atoms with E-state index in [4.69, 9.17) is 15.0 Å². The van der Waals surface area contributed by atoms with E-state index in [9.17, 15) is 0 Å². The minimum atomic E-state index is 0.616. The average molecular weight is 840 g/mol. The molecule has 0 aliphatic heterocycles. The Hall–Kier alpha value is -8.79. The van der Waals surface area contributed by atoms with Crippen LogP contribution >= 0.6 is 0 Å². The van der Waals surface area contributed by atoms with Gasteiger partial charge in [-0.15, -0.1) is 0 Å². The van der Waals surface area contributed by atoms with Crippen molar-refractivity contribution in [2.24, 2.45) is 0 Å². The van der Waals surface area contributed by atoms with Crippen molar-refractivity contribution >= 4 is 32.3 Å². The first kappa shape index (κ1) is 38.9. The second-order valence-electron chi connectivity index (χ2n) is 16.7. The minimum Gasteiger partial charge on any atom is -0.208 e. The van der Waals surface area contributed by atoms with Crippen LogP contribution in [0, 0.1) is 0 Å². The standard InChI is InChI=1S/C63H41N3/c1-2-15-43(16-3-1)57-38-39-58(60-26-11-10-25-59(57)60)50-20-12-21-52(41-50)63-65-61(64-62(66-63)48-35-31-46(32-36-48)55-27-13-19-44-17-6-7-22-53(44)55)47-33-29-45(30-34-47)54-23-8-9-24-56(54)51-37-28-42-14-4-5-18-49(42)40-51/h1-41H. The van der Waals surface area contributed by atoms with Gasteiger partial charge in [-0.3, -0.25) is 0 Å². The van der Waals surface area contributed by atoms with Crippen LogP contribution in [0.4, 0.5) is 0 Å². The number of rotatable bonds is 8. The molecule has 0 amide bonds. The molecule has 0 atom stereocenters. The summed E-state index contributed by atoms with van der Waals surface area (Å²) in [6.45, 7) is 0. The number of fused-ring (bicyclic) bond motifs is 3. The Bertz CT molecular complexity index is 3740. The van der Waals surface area contributed by atoms with E-state index in [0.29, 0.717) is 17.5 Å². The predicted octanol–water partition coefficient (Wildman–Crippen LogP) is 16.7. The van der Waals surface area contributed by atoms with Crippen molar-refractivity contribution in [3.8, 4) is 89.8 Å². The van der Waals surface area contributed by atoms with E-state index in [2.05, 4.69) is 249 Å². The fraction of sp³-hybridized carbons (Fsp3) is 0. The largest absolute Gasteiger partial charge is 0.208 e.